The molecule has 0 aromatic rings. The summed E-state index contributed by atoms with van der Waals surface area (Å²) in [4.78, 5) is 0. The Balaban J connectivity index is -0.0000000000952. The fraction of sp³-hybridized carbons (Fsp3) is 0.857. The Hall–Kier alpha value is 3.10. The van der Waals surface area contributed by atoms with Gasteiger partial charge in [0, 0.05) is 1.43 Å². The molecule has 0 atom stereocenters. The zero-order valence-corrected chi connectivity index (χ0v) is 18.7. The first-order chi connectivity index (χ1) is 1.41. The Kier molecular flexibility index (Phi) is 23800. The van der Waals surface area contributed by atoms with E-state index >= 15 is 0 Å². The van der Waals surface area contributed by atoms with E-state index in [9.17, 15) is 0 Å². The first kappa shape index (κ1) is 632. The van der Waals surface area contributed by atoms with Gasteiger partial charge in [0.25, 0.3) is 0 Å². The van der Waals surface area contributed by atoms with E-state index in [4.69, 9.17) is 0 Å². The van der Waals surface area contributed by atoms with Gasteiger partial charge in [-0.05, 0) is 0 Å². The predicted octanol–water partition coefficient (Wildman–Crippen LogP) is -12.9. The summed E-state index contributed by atoms with van der Waals surface area (Å²) in [7, 11) is 0. The van der Waals surface area contributed by atoms with Crippen molar-refractivity contribution < 1.29 is 175 Å². The van der Waals surface area contributed by atoms with Gasteiger partial charge in [-0.3, -0.25) is 0 Å². The van der Waals surface area contributed by atoms with Crippen molar-refractivity contribution in [1.82, 2.24) is 0 Å². The summed E-state index contributed by atoms with van der Waals surface area (Å²) in [5, 5.41) is 0. The van der Waals surface area contributed by atoms with E-state index in [0.717, 1.165) is 5.75 Å². The molecule has 0 aliphatic rings. The van der Waals surface area contributed by atoms with Gasteiger partial charge in [-0.1, -0.05) is 36.6 Å². The van der Waals surface area contributed by atoms with Crippen LogP contribution in [0.3, 0.4) is 0 Å². The third-order valence-electron chi connectivity index (χ3n) is 0. The van der Waals surface area contributed by atoms with Crippen molar-refractivity contribution in [1.29, 1.82) is 0 Å². The molecule has 0 heterocycles. The van der Waals surface area contributed by atoms with E-state index < -0.39 is 0 Å². The van der Waals surface area contributed by atoms with Gasteiger partial charge in [0.05, 0.1) is 0 Å². The van der Waals surface area contributed by atoms with E-state index in [1.54, 1.807) is 0 Å². The van der Waals surface area contributed by atoms with E-state index in [1.165, 1.54) is 0 Å². The molecule has 0 saturated carbocycles. The minimum absolute atomic E-state index is 0. The predicted molar refractivity (Wildman–Crippen MR) is 100 cm³/mol. The van der Waals surface area contributed by atoms with Gasteiger partial charge in [-0.25, -0.2) is 0 Å². The van der Waals surface area contributed by atoms with E-state index in [1.807, 2.05) is 6.92 Å². The molecule has 0 aromatic heterocycles. The maximum absolute atomic E-state index is 4.39. The first-order valence-electron chi connectivity index (χ1n) is 0.996. The maximum Gasteiger partial charge on any atom is 1.00 e. The van der Waals surface area contributed by atoms with Crippen LogP contribution in [-0.2, 0) is 12.6 Å². The van der Waals surface area contributed by atoms with Gasteiger partial charge >= 0.3 is 103 Å². The third-order valence-corrected chi connectivity index (χ3v) is 0. The number of hydrogen-bond acceptors (Lipinski definition) is 1. The Morgan fingerprint density at radius 1 is 0.478 bits per heavy atom. The maximum atomic E-state index is 4.39. The van der Waals surface area contributed by atoms with Crippen LogP contribution in [0.25, 0.3) is 0 Å². The van der Waals surface area contributed by atoms with Crippen molar-refractivity contribution >= 4 is 12.6 Å². The largest absolute Gasteiger partial charge is 1.00 e. The van der Waals surface area contributed by atoms with Gasteiger partial charge in [-0.2, -0.15) is 5.75 Å². The van der Waals surface area contributed by atoms with Crippen LogP contribution in [0.5, 0.6) is 0 Å². The molecular weight excluding hydrogens is 402 g/mol. The molecule has 16 heteroatoms. The molecule has 0 aliphatic carbocycles. The molecule has 0 radical (unpaired) electrons. The molecular formula is C7H52K2O13S. The number of rotatable bonds is 0. The van der Waals surface area contributed by atoms with Gasteiger partial charge in [0.1, 0.15) is 0 Å². The standard InChI is InChI=1S/C2H6S.4CH4.CH3.2K.13H2O.H2/c1-2-3;;;;;;;;;;;;;;;;;;;;;/h3H,2H2,1H3;4*1H4;1H3;;;13*1H2;1H/q;;;;;-1;2*+1;;;;;;;;;;;;;;/p-1. The van der Waals surface area contributed by atoms with Crippen LogP contribution in [0.1, 0.15) is 38.1 Å². The topological polar surface area (TPSA) is 410 Å². The summed E-state index contributed by atoms with van der Waals surface area (Å²) in [6, 6.07) is 0. The average molecular weight is 455 g/mol. The molecule has 0 fully saturated rings. The molecule has 13 nitrogen and oxygen atoms in total. The van der Waals surface area contributed by atoms with Crippen LogP contribution < -0.4 is 103 Å². The van der Waals surface area contributed by atoms with Crippen LogP contribution >= 0.6 is 0 Å². The van der Waals surface area contributed by atoms with Crippen LogP contribution in [0.15, 0.2) is 0 Å². The fourth-order valence-electron chi connectivity index (χ4n) is 0. The van der Waals surface area contributed by atoms with Crippen LogP contribution in [0, 0.1) is 7.43 Å². The second kappa shape index (κ2) is 866. The molecule has 23 heavy (non-hydrogen) atoms. The zero-order chi connectivity index (χ0) is 2.71. The SMILES string of the molecule is C.C.C.C.CC[S-].O.O.O.O.O.O.O.O.O.O.O.O.O.[CH3-].[HH].[K+].[K+]. The molecule has 0 rings (SSSR count). The second-order valence-corrected chi connectivity index (χ2v) is 0.866. The molecule has 0 spiro atoms. The summed E-state index contributed by atoms with van der Waals surface area (Å²) in [5.41, 5.74) is 0. The van der Waals surface area contributed by atoms with Crippen molar-refractivity contribution in [3.63, 3.8) is 0 Å². The van der Waals surface area contributed by atoms with Crippen LogP contribution in [0.2, 0.25) is 0 Å². The summed E-state index contributed by atoms with van der Waals surface area (Å²) in [6.07, 6.45) is 0. The molecule has 166 valence electrons. The van der Waals surface area contributed by atoms with Crippen LogP contribution in [0.4, 0.5) is 0 Å². The van der Waals surface area contributed by atoms with Crippen molar-refractivity contribution in [2.75, 3.05) is 5.75 Å². The Bertz CT molecular complexity index is 40.3. The molecule has 0 unspecified atom stereocenters. The van der Waals surface area contributed by atoms with Crippen molar-refractivity contribution in [3.8, 4) is 0 Å². The van der Waals surface area contributed by atoms with Gasteiger partial charge in [0.2, 0.25) is 0 Å². The summed E-state index contributed by atoms with van der Waals surface area (Å²) >= 11 is 4.39. The quantitative estimate of drug-likeness (QED) is 0.192. The monoisotopic (exact) mass is 454 g/mol. The molecule has 0 saturated heterocycles. The van der Waals surface area contributed by atoms with Crippen molar-refractivity contribution in [2.45, 2.75) is 36.6 Å². The minimum Gasteiger partial charge on any atom is -0.793 e. The molecule has 0 aliphatic heterocycles. The fourth-order valence-corrected chi connectivity index (χ4v) is 0. The average Bonchev–Trinajstić information content (AvgIpc) is 0.918. The molecule has 0 aromatic carbocycles. The Labute approximate surface area is 234 Å². The zero-order valence-electron chi connectivity index (χ0n) is 11.6. The first-order valence-corrected chi connectivity index (χ1v) is 1.57. The van der Waals surface area contributed by atoms with Gasteiger partial charge in [-0.15, -0.1) is 0 Å². The van der Waals surface area contributed by atoms with Crippen molar-refractivity contribution in [2.24, 2.45) is 0 Å². The van der Waals surface area contributed by atoms with E-state index in [0.29, 0.717) is 0 Å². The Morgan fingerprint density at radius 2 is 0.478 bits per heavy atom. The van der Waals surface area contributed by atoms with Crippen molar-refractivity contribution in [3.05, 3.63) is 7.43 Å². The number of hydrogen-bond donors (Lipinski definition) is 0. The molecule has 0 amide bonds. The van der Waals surface area contributed by atoms with Gasteiger partial charge < -0.3 is 91.2 Å². The summed E-state index contributed by atoms with van der Waals surface area (Å²) in [5.74, 6) is 0.833. The molecule has 0 bridgehead atoms. The normalized spacial score (nSPS) is 0.783. The van der Waals surface area contributed by atoms with E-state index in [2.05, 4.69) is 12.6 Å². The second-order valence-electron chi connectivity index (χ2n) is 0.289. The summed E-state index contributed by atoms with van der Waals surface area (Å²) in [6.45, 7) is 1.94. The third kappa shape index (κ3) is 1390. The van der Waals surface area contributed by atoms with Crippen LogP contribution in [-0.4, -0.2) is 76.9 Å². The smallest absolute Gasteiger partial charge is 0.793 e. The summed E-state index contributed by atoms with van der Waals surface area (Å²) < 4.78 is 0. The van der Waals surface area contributed by atoms with Gasteiger partial charge in [0.15, 0.2) is 0 Å². The molecule has 26 N–H and O–H groups in total. The van der Waals surface area contributed by atoms with E-state index in [-0.39, 0.29) is 213 Å². The Morgan fingerprint density at radius 3 is 0.478 bits per heavy atom. The minimum atomic E-state index is 0.